The van der Waals surface area contributed by atoms with Crippen molar-refractivity contribution in [1.29, 1.82) is 0 Å². The summed E-state index contributed by atoms with van der Waals surface area (Å²) in [5.74, 6) is -0.781. The number of nitrogens with one attached hydrogen (secondary N) is 1. The van der Waals surface area contributed by atoms with E-state index in [1.54, 1.807) is 21.9 Å². The minimum absolute atomic E-state index is 0.0146. The van der Waals surface area contributed by atoms with Gasteiger partial charge in [0.1, 0.15) is 10.2 Å². The highest BCUT2D eigenvalue weighted by atomic mass is 79.9. The topological polar surface area (TPSA) is 117 Å². The third-order valence-corrected chi connectivity index (χ3v) is 7.36. The van der Waals surface area contributed by atoms with Crippen LogP contribution in [-0.4, -0.2) is 62.3 Å². The van der Waals surface area contributed by atoms with Crippen LogP contribution in [0.25, 0.3) is 0 Å². The fourth-order valence-electron chi connectivity index (χ4n) is 3.68. The number of carbonyl (C=O) groups excluding carboxylic acids is 2. The van der Waals surface area contributed by atoms with Gasteiger partial charge in [-0.2, -0.15) is 0 Å². The van der Waals surface area contributed by atoms with Crippen molar-refractivity contribution in [3.8, 4) is 5.75 Å². The van der Waals surface area contributed by atoms with Crippen LogP contribution in [0.2, 0.25) is 0 Å². The van der Waals surface area contributed by atoms with Gasteiger partial charge in [0, 0.05) is 40.3 Å². The first kappa shape index (κ1) is 23.8. The number of thiophene rings is 1. The van der Waals surface area contributed by atoms with Crippen molar-refractivity contribution < 1.29 is 14.7 Å². The van der Waals surface area contributed by atoms with Gasteiger partial charge in [0.25, 0.3) is 22.9 Å². The largest absolute Gasteiger partial charge is 0.505 e. The number of phenolic OH excluding ortho intramolecular Hbond substituents is 1. The minimum atomic E-state index is -0.489. The van der Waals surface area contributed by atoms with Crippen LogP contribution in [0.15, 0.2) is 49.8 Å². The number of nitrogens with zero attached hydrogens (tertiary/aromatic N) is 4. The molecule has 10 nitrogen and oxygen atoms in total. The van der Waals surface area contributed by atoms with Gasteiger partial charge in [-0.3, -0.25) is 19.2 Å². The van der Waals surface area contributed by atoms with Crippen molar-refractivity contribution in [3.05, 3.63) is 71.3 Å². The molecule has 178 valence electrons. The number of phenols is 1. The van der Waals surface area contributed by atoms with Crippen molar-refractivity contribution in [1.82, 2.24) is 19.2 Å². The lowest BCUT2D eigenvalue weighted by Gasteiger charge is -2.34. The van der Waals surface area contributed by atoms with E-state index in [2.05, 4.69) is 21.2 Å². The summed E-state index contributed by atoms with van der Waals surface area (Å²) >= 11 is 4.52. The molecule has 0 bridgehead atoms. The van der Waals surface area contributed by atoms with Gasteiger partial charge in [-0.15, -0.1) is 11.3 Å². The molecule has 1 fully saturated rings. The van der Waals surface area contributed by atoms with Crippen LogP contribution in [0.1, 0.15) is 20.0 Å². The van der Waals surface area contributed by atoms with Crippen LogP contribution in [0, 0.1) is 0 Å². The molecule has 3 aromatic rings. The Hall–Kier alpha value is -3.38. The van der Waals surface area contributed by atoms with Crippen molar-refractivity contribution in [2.45, 2.75) is 0 Å². The number of aromatic hydroxyl groups is 1. The molecule has 0 atom stereocenters. The molecule has 34 heavy (non-hydrogen) atoms. The number of aromatic nitrogens is 2. The summed E-state index contributed by atoms with van der Waals surface area (Å²) in [6.45, 7) is 1.43. The van der Waals surface area contributed by atoms with E-state index < -0.39 is 11.1 Å². The van der Waals surface area contributed by atoms with Gasteiger partial charge in [-0.05, 0) is 39.5 Å². The van der Waals surface area contributed by atoms with Crippen LogP contribution in [0.5, 0.6) is 5.75 Å². The molecule has 2 N–H and O–H groups in total. The lowest BCUT2D eigenvalue weighted by Crippen LogP contribution is -2.50. The number of halogens is 1. The van der Waals surface area contributed by atoms with Crippen molar-refractivity contribution in [2.24, 2.45) is 14.1 Å². The third kappa shape index (κ3) is 4.26. The predicted molar refractivity (Wildman–Crippen MR) is 132 cm³/mol. The molecule has 1 saturated heterocycles. The molecule has 0 saturated carbocycles. The Morgan fingerprint density at radius 1 is 0.941 bits per heavy atom. The quantitative estimate of drug-likeness (QED) is 0.482. The molecule has 4 rings (SSSR count). The maximum Gasteiger partial charge on any atom is 0.289 e. The van der Waals surface area contributed by atoms with E-state index in [-0.39, 0.29) is 39.0 Å². The van der Waals surface area contributed by atoms with Gasteiger partial charge in [-0.25, -0.2) is 9.36 Å². The summed E-state index contributed by atoms with van der Waals surface area (Å²) < 4.78 is 2.30. The van der Waals surface area contributed by atoms with E-state index in [1.807, 2.05) is 11.4 Å². The molecule has 2 amide bonds. The molecule has 0 aliphatic carbocycles. The standard InChI is InChI=1S/C22H22BrN5O5S/c1-25-21(32)16(23)17(22(33)26(25)2)24-14-6-3-5-13(18(14)29)19(30)27-8-10-28(11-9-27)20(31)15-7-4-12-34-15/h3-7,12,24,29H,8-11H2,1-2H3. The molecule has 0 unspecified atom stereocenters. The number of benzene rings is 1. The predicted octanol–water partition coefficient (Wildman–Crippen LogP) is 1.96. The molecule has 1 aliphatic rings. The van der Waals surface area contributed by atoms with Crippen molar-refractivity contribution in [2.75, 3.05) is 31.5 Å². The first-order chi connectivity index (χ1) is 16.2. The number of para-hydroxylation sites is 1. The van der Waals surface area contributed by atoms with Gasteiger partial charge < -0.3 is 20.2 Å². The van der Waals surface area contributed by atoms with Gasteiger partial charge in [-0.1, -0.05) is 12.1 Å². The van der Waals surface area contributed by atoms with E-state index in [0.29, 0.717) is 31.1 Å². The first-order valence-corrected chi connectivity index (χ1v) is 12.0. The molecule has 1 aromatic carbocycles. The van der Waals surface area contributed by atoms with Gasteiger partial charge >= 0.3 is 0 Å². The number of anilines is 2. The number of hydrogen-bond acceptors (Lipinski definition) is 7. The second-order valence-corrected chi connectivity index (χ2v) is 9.48. The Labute approximate surface area is 206 Å². The maximum atomic E-state index is 13.1. The van der Waals surface area contributed by atoms with Crippen LogP contribution in [-0.2, 0) is 14.1 Å². The van der Waals surface area contributed by atoms with E-state index in [9.17, 15) is 24.3 Å². The van der Waals surface area contributed by atoms with Crippen LogP contribution >= 0.6 is 27.3 Å². The summed E-state index contributed by atoms with van der Waals surface area (Å²) in [5.41, 5.74) is -0.808. The molecule has 3 heterocycles. The van der Waals surface area contributed by atoms with Crippen LogP contribution < -0.4 is 16.4 Å². The molecule has 1 aliphatic heterocycles. The Bertz CT molecular complexity index is 1370. The molecular weight excluding hydrogens is 526 g/mol. The van der Waals surface area contributed by atoms with E-state index in [1.165, 1.54) is 37.6 Å². The summed E-state index contributed by atoms with van der Waals surface area (Å²) in [6.07, 6.45) is 0. The zero-order chi connectivity index (χ0) is 24.6. The first-order valence-electron chi connectivity index (χ1n) is 10.4. The zero-order valence-electron chi connectivity index (χ0n) is 18.4. The SMILES string of the molecule is Cn1c(=O)c(Br)c(Nc2cccc(C(=O)N3CCN(C(=O)c4cccs4)CC3)c2O)c(=O)n1C. The van der Waals surface area contributed by atoms with Gasteiger partial charge in [0.05, 0.1) is 16.1 Å². The lowest BCUT2D eigenvalue weighted by molar-refractivity contribution is 0.0536. The Morgan fingerprint density at radius 3 is 2.18 bits per heavy atom. The van der Waals surface area contributed by atoms with Crippen LogP contribution in [0.4, 0.5) is 11.4 Å². The number of piperazine rings is 1. The van der Waals surface area contributed by atoms with Crippen molar-refractivity contribution in [3.63, 3.8) is 0 Å². The van der Waals surface area contributed by atoms with Crippen LogP contribution in [0.3, 0.4) is 0 Å². The fourth-order valence-corrected chi connectivity index (χ4v) is 4.89. The summed E-state index contributed by atoms with van der Waals surface area (Å²) in [7, 11) is 2.91. The van der Waals surface area contributed by atoms with Gasteiger partial charge in [0.15, 0.2) is 5.75 Å². The number of hydrogen-bond donors (Lipinski definition) is 2. The lowest BCUT2D eigenvalue weighted by atomic mass is 10.1. The maximum absolute atomic E-state index is 13.1. The molecular formula is C22H22BrN5O5S. The van der Waals surface area contributed by atoms with E-state index >= 15 is 0 Å². The Kier molecular flexibility index (Phi) is 6.62. The highest BCUT2D eigenvalue weighted by molar-refractivity contribution is 9.10. The monoisotopic (exact) mass is 547 g/mol. The van der Waals surface area contributed by atoms with Crippen molar-refractivity contribution >= 4 is 50.5 Å². The number of rotatable bonds is 4. The molecule has 0 radical (unpaired) electrons. The van der Waals surface area contributed by atoms with Gasteiger partial charge in [0.2, 0.25) is 0 Å². The van der Waals surface area contributed by atoms with E-state index in [0.717, 1.165) is 9.36 Å². The second kappa shape index (κ2) is 9.47. The smallest absolute Gasteiger partial charge is 0.289 e. The number of carbonyl (C=O) groups is 2. The number of amides is 2. The summed E-state index contributed by atoms with van der Waals surface area (Å²) in [6, 6.07) is 8.17. The third-order valence-electron chi connectivity index (χ3n) is 5.77. The average Bonchev–Trinajstić information content (AvgIpc) is 3.39. The normalized spacial score (nSPS) is 13.7. The second-order valence-electron chi connectivity index (χ2n) is 7.73. The van der Waals surface area contributed by atoms with E-state index in [4.69, 9.17) is 0 Å². The minimum Gasteiger partial charge on any atom is -0.505 e. The summed E-state index contributed by atoms with van der Waals surface area (Å²) in [4.78, 5) is 54.6. The fraction of sp³-hybridized carbons (Fsp3) is 0.273. The zero-order valence-corrected chi connectivity index (χ0v) is 20.9. The Balaban J connectivity index is 1.53. The molecule has 2 aromatic heterocycles. The summed E-state index contributed by atoms with van der Waals surface area (Å²) in [5, 5.41) is 15.4. The average molecular weight is 548 g/mol. The Morgan fingerprint density at radius 2 is 1.56 bits per heavy atom. The molecule has 0 spiro atoms. The highest BCUT2D eigenvalue weighted by Crippen LogP contribution is 2.32. The molecule has 12 heteroatoms. The highest BCUT2D eigenvalue weighted by Gasteiger charge is 2.28.